The summed E-state index contributed by atoms with van der Waals surface area (Å²) >= 11 is 0. The van der Waals surface area contributed by atoms with Crippen LogP contribution in [0.25, 0.3) is 0 Å². The smallest absolute Gasteiger partial charge is 0.306 e. The van der Waals surface area contributed by atoms with Crippen molar-refractivity contribution in [2.24, 2.45) is 0 Å². The summed E-state index contributed by atoms with van der Waals surface area (Å²) in [6.45, 7) is 3.86. The minimum Gasteiger partial charge on any atom is -0.462 e. The molecule has 0 saturated heterocycles. The summed E-state index contributed by atoms with van der Waals surface area (Å²) in [4.78, 5) is 24.5. The summed E-state index contributed by atoms with van der Waals surface area (Å²) in [7, 11) is 0. The summed E-state index contributed by atoms with van der Waals surface area (Å²) in [5.41, 5.74) is 0. The molecule has 0 aliphatic heterocycles. The Labute approximate surface area is 406 Å². The number of rotatable bonds is 46. The molecule has 0 radical (unpaired) electrons. The van der Waals surface area contributed by atoms with Crippen LogP contribution in [0.2, 0.25) is 0 Å². The number of hydrogen-bond acceptors (Lipinski definition) is 5. The maximum atomic E-state index is 12.3. The van der Waals surface area contributed by atoms with E-state index in [0.717, 1.165) is 116 Å². The van der Waals surface area contributed by atoms with Gasteiger partial charge in [0.05, 0.1) is 6.61 Å². The van der Waals surface area contributed by atoms with Crippen LogP contribution in [-0.4, -0.2) is 36.4 Å². The van der Waals surface area contributed by atoms with Gasteiger partial charge in [-0.2, -0.15) is 0 Å². The first-order valence-electron chi connectivity index (χ1n) is 26.4. The Morgan fingerprint density at radius 3 is 0.939 bits per heavy atom. The number of carbonyl (C=O) groups excluding carboxylic acids is 2. The molecule has 0 aliphatic rings. The number of ether oxygens (including phenoxy) is 2. The van der Waals surface area contributed by atoms with Crippen molar-refractivity contribution in [3.8, 4) is 0 Å². The second-order valence-electron chi connectivity index (χ2n) is 16.8. The molecule has 0 aromatic carbocycles. The van der Waals surface area contributed by atoms with E-state index in [1.807, 2.05) is 0 Å². The normalized spacial score (nSPS) is 13.4. The van der Waals surface area contributed by atoms with Gasteiger partial charge in [0.15, 0.2) is 6.10 Å². The quantitative estimate of drug-likeness (QED) is 0.0374. The van der Waals surface area contributed by atoms with Crippen LogP contribution in [0.4, 0.5) is 0 Å². The summed E-state index contributed by atoms with van der Waals surface area (Å²) < 4.78 is 10.6. The van der Waals surface area contributed by atoms with Crippen molar-refractivity contribution in [3.63, 3.8) is 0 Å². The maximum absolute atomic E-state index is 12.3. The summed E-state index contributed by atoms with van der Waals surface area (Å²) in [5, 5.41) is 9.63. The average Bonchev–Trinajstić information content (AvgIpc) is 3.32. The van der Waals surface area contributed by atoms with Crippen LogP contribution in [0.1, 0.15) is 206 Å². The Morgan fingerprint density at radius 1 is 0.348 bits per heavy atom. The molecular formula is C61H96O5. The third kappa shape index (κ3) is 52.4. The van der Waals surface area contributed by atoms with Crippen LogP contribution < -0.4 is 0 Å². The molecule has 0 spiro atoms. The van der Waals surface area contributed by atoms with E-state index in [2.05, 4.69) is 160 Å². The standard InChI is InChI=1S/C61H96O5/c1-3-5-7-9-11-13-15-17-19-21-23-25-26-27-28-29-30-31-32-33-34-36-38-40-42-44-46-48-50-52-54-56-61(64)66-59(57-62)58-65-60(63)55-53-51-49-47-45-43-41-39-37-35-24-22-20-18-16-14-12-10-8-6-4-2/h5-8,11-14,17-20,23-25,27-28,30-31,35,39,41,45,47,59,62H,3-4,9-10,15-16,21-22,26,29,32-34,36-38,40,42-44,46,48-58H2,1-2H3/b7-5-,8-6-,13-11-,14-12-,19-17-,20-18-,25-23-,28-27-,31-30-,35-24-,41-39-,47-45-. The molecule has 66 heavy (non-hydrogen) atoms. The zero-order valence-corrected chi connectivity index (χ0v) is 42.1. The van der Waals surface area contributed by atoms with Gasteiger partial charge in [0.2, 0.25) is 0 Å². The lowest BCUT2D eigenvalue weighted by atomic mass is 10.0. The fourth-order valence-electron chi connectivity index (χ4n) is 6.74. The van der Waals surface area contributed by atoms with Crippen molar-refractivity contribution >= 4 is 11.9 Å². The molecule has 0 heterocycles. The first kappa shape index (κ1) is 61.8. The van der Waals surface area contributed by atoms with Crippen LogP contribution in [0.15, 0.2) is 146 Å². The van der Waals surface area contributed by atoms with Crippen molar-refractivity contribution in [3.05, 3.63) is 146 Å². The molecule has 1 atom stereocenters. The number of carbonyl (C=O) groups is 2. The molecule has 1 N–H and O–H groups in total. The topological polar surface area (TPSA) is 72.8 Å². The minimum absolute atomic E-state index is 0.0987. The van der Waals surface area contributed by atoms with E-state index in [1.54, 1.807) is 0 Å². The number of esters is 2. The van der Waals surface area contributed by atoms with Crippen LogP contribution in [0.3, 0.4) is 0 Å². The van der Waals surface area contributed by atoms with E-state index in [4.69, 9.17) is 9.47 Å². The first-order chi connectivity index (χ1) is 32.6. The van der Waals surface area contributed by atoms with Crippen molar-refractivity contribution in [1.82, 2.24) is 0 Å². The van der Waals surface area contributed by atoms with Gasteiger partial charge >= 0.3 is 11.9 Å². The molecule has 0 aromatic heterocycles. The van der Waals surface area contributed by atoms with Gasteiger partial charge < -0.3 is 14.6 Å². The Hall–Kier alpha value is -4.22. The SMILES string of the molecule is CC/C=C\C/C=C\C/C=C\C/C=C\C/C=C\C/C=C\CCCCCCCCCCCCCCC(=O)OC(CO)COC(=O)CCCC/C=C\C/C=C\C/C=C\C/C=C\C/C=C\C/C=C\CC. The van der Waals surface area contributed by atoms with Gasteiger partial charge in [-0.05, 0) is 116 Å². The molecule has 0 aromatic rings. The predicted octanol–water partition coefficient (Wildman–Crippen LogP) is 17.9. The molecular weight excluding hydrogens is 813 g/mol. The highest BCUT2D eigenvalue weighted by Crippen LogP contribution is 2.14. The highest BCUT2D eigenvalue weighted by atomic mass is 16.6. The largest absolute Gasteiger partial charge is 0.462 e. The Kier molecular flexibility index (Phi) is 51.6. The van der Waals surface area contributed by atoms with E-state index in [9.17, 15) is 14.7 Å². The number of aliphatic hydroxyl groups excluding tert-OH is 1. The lowest BCUT2D eigenvalue weighted by Gasteiger charge is -2.15. The van der Waals surface area contributed by atoms with Crippen molar-refractivity contribution in [1.29, 1.82) is 0 Å². The fraction of sp³-hybridized carbons (Fsp3) is 0.574. The van der Waals surface area contributed by atoms with Crippen molar-refractivity contribution in [2.45, 2.75) is 213 Å². The van der Waals surface area contributed by atoms with Crippen LogP contribution in [0.5, 0.6) is 0 Å². The monoisotopic (exact) mass is 909 g/mol. The number of unbranched alkanes of at least 4 members (excludes halogenated alkanes) is 14. The molecule has 0 saturated carbocycles. The lowest BCUT2D eigenvalue weighted by Crippen LogP contribution is -2.28. The summed E-state index contributed by atoms with van der Waals surface area (Å²) in [6, 6.07) is 0. The Bertz CT molecular complexity index is 1450. The zero-order valence-electron chi connectivity index (χ0n) is 42.1. The second-order valence-corrected chi connectivity index (χ2v) is 16.8. The molecule has 0 rings (SSSR count). The van der Waals surface area contributed by atoms with E-state index >= 15 is 0 Å². The zero-order chi connectivity index (χ0) is 47.7. The Balaban J connectivity index is 3.62. The highest BCUT2D eigenvalue weighted by molar-refractivity contribution is 5.70. The second kappa shape index (κ2) is 55.1. The first-order valence-corrected chi connectivity index (χ1v) is 26.4. The molecule has 0 amide bonds. The average molecular weight is 909 g/mol. The van der Waals surface area contributed by atoms with Crippen LogP contribution in [0, 0.1) is 0 Å². The molecule has 5 heteroatoms. The van der Waals surface area contributed by atoms with Crippen molar-refractivity contribution in [2.75, 3.05) is 13.2 Å². The van der Waals surface area contributed by atoms with Gasteiger partial charge in [-0.3, -0.25) is 9.59 Å². The van der Waals surface area contributed by atoms with E-state index in [1.165, 1.54) is 64.2 Å². The molecule has 0 fully saturated rings. The molecule has 5 nitrogen and oxygen atoms in total. The molecule has 1 unspecified atom stereocenters. The van der Waals surface area contributed by atoms with E-state index in [0.29, 0.717) is 12.8 Å². The van der Waals surface area contributed by atoms with Gasteiger partial charge in [0.1, 0.15) is 6.61 Å². The highest BCUT2D eigenvalue weighted by Gasteiger charge is 2.16. The fourth-order valence-corrected chi connectivity index (χ4v) is 6.74. The number of allylic oxidation sites excluding steroid dienone is 24. The lowest BCUT2D eigenvalue weighted by molar-refractivity contribution is -0.161. The van der Waals surface area contributed by atoms with Gasteiger partial charge in [-0.1, -0.05) is 224 Å². The van der Waals surface area contributed by atoms with Gasteiger partial charge in [0.25, 0.3) is 0 Å². The molecule has 0 bridgehead atoms. The minimum atomic E-state index is -0.803. The number of hydrogen-bond donors (Lipinski definition) is 1. The van der Waals surface area contributed by atoms with Gasteiger partial charge in [0, 0.05) is 12.8 Å². The maximum Gasteiger partial charge on any atom is 0.306 e. The van der Waals surface area contributed by atoms with E-state index in [-0.39, 0.29) is 25.2 Å². The predicted molar refractivity (Wildman–Crippen MR) is 287 cm³/mol. The van der Waals surface area contributed by atoms with Crippen LogP contribution in [-0.2, 0) is 19.1 Å². The van der Waals surface area contributed by atoms with Gasteiger partial charge in [-0.25, -0.2) is 0 Å². The van der Waals surface area contributed by atoms with Crippen molar-refractivity contribution < 1.29 is 24.2 Å². The Morgan fingerprint density at radius 2 is 0.606 bits per heavy atom. The molecule has 370 valence electrons. The van der Waals surface area contributed by atoms with E-state index < -0.39 is 6.10 Å². The molecule has 0 aliphatic carbocycles. The summed E-state index contributed by atoms with van der Waals surface area (Å²) in [5.74, 6) is -0.654. The van der Waals surface area contributed by atoms with Gasteiger partial charge in [-0.15, -0.1) is 0 Å². The third-order valence-corrected chi connectivity index (χ3v) is 10.6. The third-order valence-electron chi connectivity index (χ3n) is 10.6. The van der Waals surface area contributed by atoms with Crippen LogP contribution >= 0.6 is 0 Å². The number of aliphatic hydroxyl groups is 1. The summed E-state index contributed by atoms with van der Waals surface area (Å²) in [6.07, 6.45) is 83.7.